The van der Waals surface area contributed by atoms with E-state index in [0.29, 0.717) is 12.1 Å². The lowest BCUT2D eigenvalue weighted by Gasteiger charge is -2.23. The Morgan fingerprint density at radius 2 is 1.86 bits per heavy atom. The fraction of sp³-hybridized carbons (Fsp3) is 0.304. The number of carbonyl (C=O) groups is 2. The Morgan fingerprint density at radius 3 is 2.51 bits per heavy atom. The molecule has 2 amide bonds. The number of hydrogen-bond donors (Lipinski definition) is 4. The molecule has 0 aliphatic carbocycles. The molecule has 0 fully saturated rings. The first-order chi connectivity index (χ1) is 16.5. The summed E-state index contributed by atoms with van der Waals surface area (Å²) in [6.45, 7) is 2.00. The van der Waals surface area contributed by atoms with Crippen molar-refractivity contribution in [1.82, 2.24) is 25.6 Å². The van der Waals surface area contributed by atoms with E-state index >= 15 is 0 Å². The van der Waals surface area contributed by atoms with Gasteiger partial charge in [-0.1, -0.05) is 44.2 Å². The maximum atomic E-state index is 14.4. The van der Waals surface area contributed by atoms with Crippen LogP contribution in [0.2, 0.25) is 0 Å². The topological polar surface area (TPSA) is 112 Å². The monoisotopic (exact) mass is 500 g/mol. The lowest BCUT2D eigenvalue weighted by Crippen LogP contribution is -2.46. The summed E-state index contributed by atoms with van der Waals surface area (Å²) in [6, 6.07) is 9.62. The number of aromatic nitrogens is 3. The van der Waals surface area contributed by atoms with Gasteiger partial charge < -0.3 is 20.9 Å². The fourth-order valence-corrected chi connectivity index (χ4v) is 3.11. The van der Waals surface area contributed by atoms with Crippen LogP contribution in [0.5, 0.6) is 0 Å². The lowest BCUT2D eigenvalue weighted by atomic mass is 10.0. The molecular formula is C23H32F4N6O2. The maximum Gasteiger partial charge on any atom is 0.405 e. The molecule has 0 spiro atoms. The molecule has 8 nitrogen and oxygen atoms in total. The molecule has 0 unspecified atom stereocenters. The van der Waals surface area contributed by atoms with E-state index in [4.69, 9.17) is 0 Å². The predicted molar refractivity (Wildman–Crippen MR) is 129 cm³/mol. The molecule has 1 aromatic carbocycles. The normalized spacial score (nSPS) is 12.3. The Morgan fingerprint density at radius 1 is 1.14 bits per heavy atom. The van der Waals surface area contributed by atoms with Gasteiger partial charge in [-0.15, -0.1) is 0 Å². The zero-order valence-corrected chi connectivity index (χ0v) is 18.9. The van der Waals surface area contributed by atoms with Crippen LogP contribution < -0.4 is 16.0 Å². The second kappa shape index (κ2) is 11.0. The summed E-state index contributed by atoms with van der Waals surface area (Å²) < 4.78 is 51.7. The first-order valence-electron chi connectivity index (χ1n) is 10.7. The minimum absolute atomic E-state index is 0. The lowest BCUT2D eigenvalue weighted by molar-refractivity contribution is -0.139. The fourth-order valence-electron chi connectivity index (χ4n) is 3.11. The van der Waals surface area contributed by atoms with Crippen LogP contribution in [-0.2, 0) is 11.3 Å². The van der Waals surface area contributed by atoms with E-state index in [0.717, 1.165) is 11.8 Å². The summed E-state index contributed by atoms with van der Waals surface area (Å²) in [5, 5.41) is 7.12. The number of benzene rings is 1. The van der Waals surface area contributed by atoms with E-state index in [1.165, 1.54) is 12.3 Å². The molecule has 0 saturated heterocycles. The van der Waals surface area contributed by atoms with Crippen LogP contribution in [0.4, 0.5) is 23.4 Å². The molecule has 1 atom stereocenters. The molecule has 194 valence electrons. The molecule has 3 rings (SSSR count). The molecule has 0 aliphatic rings. The van der Waals surface area contributed by atoms with Crippen molar-refractivity contribution in [3.63, 3.8) is 0 Å². The number of rotatable bonds is 9. The standard InChI is InChI=1S/C23H24F4N6O2.4H2/c1-13(2)18(22(35)31-12-23(25,26)27)32-20-16(24)11-29-19(33-20)15-8-17(28-10-15)21(34)30-9-14-6-4-3-5-7-14;;;;/h3-8,10-11,13,18,28H,9,12H2,1-2H3,(H,30,34)(H,31,35)(H,29,32,33);4*1H/t18-;;;;/m1..../s1. The van der Waals surface area contributed by atoms with Gasteiger partial charge in [-0.05, 0) is 17.5 Å². The molecule has 0 aliphatic heterocycles. The van der Waals surface area contributed by atoms with Gasteiger partial charge in [-0.3, -0.25) is 9.59 Å². The molecule has 35 heavy (non-hydrogen) atoms. The summed E-state index contributed by atoms with van der Waals surface area (Å²) in [5.41, 5.74) is 1.52. The minimum Gasteiger partial charge on any atom is -0.356 e. The van der Waals surface area contributed by atoms with Gasteiger partial charge in [0.05, 0.1) is 6.20 Å². The number of nitrogens with zero attached hydrogens (tertiary/aromatic N) is 2. The Balaban J connectivity index is 0. The van der Waals surface area contributed by atoms with E-state index in [1.807, 2.05) is 30.3 Å². The first kappa shape index (κ1) is 25.7. The number of aromatic amines is 1. The number of carbonyl (C=O) groups excluding carboxylic acids is 2. The van der Waals surface area contributed by atoms with Gasteiger partial charge in [0, 0.05) is 24.0 Å². The summed E-state index contributed by atoms with van der Waals surface area (Å²) in [7, 11) is 0. The van der Waals surface area contributed by atoms with Gasteiger partial charge >= 0.3 is 6.18 Å². The number of nitrogens with one attached hydrogen (secondary N) is 4. The average Bonchev–Trinajstić information content (AvgIpc) is 3.31. The molecule has 12 heteroatoms. The first-order valence-corrected chi connectivity index (χ1v) is 10.7. The van der Waals surface area contributed by atoms with Crippen molar-refractivity contribution in [1.29, 1.82) is 0 Å². The second-order valence-corrected chi connectivity index (χ2v) is 8.06. The predicted octanol–water partition coefficient (Wildman–Crippen LogP) is 4.64. The van der Waals surface area contributed by atoms with Crippen molar-refractivity contribution in [2.45, 2.75) is 32.6 Å². The third-order valence-corrected chi connectivity index (χ3v) is 4.93. The van der Waals surface area contributed by atoms with Gasteiger partial charge in [-0.25, -0.2) is 14.4 Å². The Hall–Kier alpha value is -3.96. The Kier molecular flexibility index (Phi) is 8.05. The van der Waals surface area contributed by atoms with Crippen LogP contribution in [0.25, 0.3) is 11.4 Å². The van der Waals surface area contributed by atoms with Gasteiger partial charge in [-0.2, -0.15) is 13.2 Å². The van der Waals surface area contributed by atoms with Gasteiger partial charge in [0.15, 0.2) is 17.5 Å². The molecule has 0 radical (unpaired) electrons. The van der Waals surface area contributed by atoms with Crippen LogP contribution in [0.15, 0.2) is 48.8 Å². The molecular weight excluding hydrogens is 468 g/mol. The zero-order valence-electron chi connectivity index (χ0n) is 18.9. The SMILES string of the molecule is CC(C)[C@@H](Nc1nc(-c2c[nH]c(C(=O)NCc3ccccc3)c2)ncc1F)C(=O)NCC(F)(F)F.[HH].[HH].[HH].[HH]. The molecule has 0 bridgehead atoms. The molecule has 4 N–H and O–H groups in total. The van der Waals surface area contributed by atoms with E-state index in [9.17, 15) is 27.2 Å². The number of H-pyrrole nitrogens is 1. The highest BCUT2D eigenvalue weighted by atomic mass is 19.4. The van der Waals surface area contributed by atoms with Crippen LogP contribution in [0.3, 0.4) is 0 Å². The van der Waals surface area contributed by atoms with Crippen molar-refractivity contribution < 1.29 is 32.9 Å². The number of anilines is 1. The van der Waals surface area contributed by atoms with Crippen LogP contribution in [0, 0.1) is 11.7 Å². The van der Waals surface area contributed by atoms with Crippen molar-refractivity contribution in [2.24, 2.45) is 5.92 Å². The van der Waals surface area contributed by atoms with E-state index in [-0.39, 0.29) is 28.9 Å². The van der Waals surface area contributed by atoms with Gasteiger partial charge in [0.25, 0.3) is 5.91 Å². The quantitative estimate of drug-likeness (QED) is 0.320. The molecule has 0 saturated carbocycles. The number of hydrogen-bond acceptors (Lipinski definition) is 5. The highest BCUT2D eigenvalue weighted by Gasteiger charge is 2.31. The molecule has 2 heterocycles. The second-order valence-electron chi connectivity index (χ2n) is 8.06. The van der Waals surface area contributed by atoms with Crippen LogP contribution in [0.1, 0.15) is 35.6 Å². The average molecular weight is 501 g/mol. The van der Waals surface area contributed by atoms with E-state index < -0.39 is 36.4 Å². The summed E-state index contributed by atoms with van der Waals surface area (Å²) >= 11 is 0. The highest BCUT2D eigenvalue weighted by molar-refractivity contribution is 5.93. The molecule has 2 aromatic heterocycles. The van der Waals surface area contributed by atoms with Crippen molar-refractivity contribution in [2.75, 3.05) is 11.9 Å². The largest absolute Gasteiger partial charge is 0.405 e. The number of halogens is 4. The van der Waals surface area contributed by atoms with Crippen molar-refractivity contribution in [3.8, 4) is 11.4 Å². The third-order valence-electron chi connectivity index (χ3n) is 4.93. The molecule has 3 aromatic rings. The van der Waals surface area contributed by atoms with Crippen LogP contribution >= 0.6 is 0 Å². The number of alkyl halides is 3. The van der Waals surface area contributed by atoms with Gasteiger partial charge in [0.1, 0.15) is 18.3 Å². The Bertz CT molecular complexity index is 1180. The third kappa shape index (κ3) is 7.26. The Labute approximate surface area is 204 Å². The van der Waals surface area contributed by atoms with E-state index in [1.54, 1.807) is 19.2 Å². The summed E-state index contributed by atoms with van der Waals surface area (Å²) in [4.78, 5) is 35.5. The zero-order chi connectivity index (χ0) is 25.6. The van der Waals surface area contributed by atoms with Crippen molar-refractivity contribution in [3.05, 3.63) is 65.9 Å². The van der Waals surface area contributed by atoms with Gasteiger partial charge in [0.2, 0.25) is 5.91 Å². The smallest absolute Gasteiger partial charge is 0.356 e. The highest BCUT2D eigenvalue weighted by Crippen LogP contribution is 2.21. The maximum absolute atomic E-state index is 14.4. The van der Waals surface area contributed by atoms with Crippen LogP contribution in [-0.4, -0.2) is 45.5 Å². The summed E-state index contributed by atoms with van der Waals surface area (Å²) in [6.07, 6.45) is -2.24. The summed E-state index contributed by atoms with van der Waals surface area (Å²) in [5.74, 6) is -3.00. The minimum atomic E-state index is -4.58. The van der Waals surface area contributed by atoms with Crippen molar-refractivity contribution >= 4 is 17.6 Å². The van der Waals surface area contributed by atoms with E-state index in [2.05, 4.69) is 25.6 Å². The number of amides is 2.